The summed E-state index contributed by atoms with van der Waals surface area (Å²) in [6.45, 7) is 7.02. The minimum Gasteiger partial charge on any atom is -0.294 e. The Bertz CT molecular complexity index is 355. The van der Waals surface area contributed by atoms with E-state index in [0.29, 0.717) is 5.78 Å². The van der Waals surface area contributed by atoms with Crippen LogP contribution in [0.15, 0.2) is 22.4 Å². The van der Waals surface area contributed by atoms with E-state index in [1.165, 1.54) is 17.6 Å². The lowest BCUT2D eigenvalue weighted by atomic mass is 9.92. The maximum absolute atomic E-state index is 11.9. The molecule has 2 heteroatoms. The van der Waals surface area contributed by atoms with Crippen molar-refractivity contribution in [3.8, 4) is 0 Å². The van der Waals surface area contributed by atoms with Crippen molar-refractivity contribution >= 4 is 13.9 Å². The predicted molar refractivity (Wildman–Crippen MR) is 66.5 cm³/mol. The van der Waals surface area contributed by atoms with Gasteiger partial charge in [0, 0.05) is 12.0 Å². The molecular weight excluding hydrogens is 200 g/mol. The Balaban J connectivity index is 2.35. The molecule has 2 aliphatic rings. The second-order valence-electron chi connectivity index (χ2n) is 5.79. The monoisotopic (exact) mass is 220 g/mol. The minimum atomic E-state index is -1.18. The highest BCUT2D eigenvalue weighted by molar-refractivity contribution is 6.81. The van der Waals surface area contributed by atoms with Gasteiger partial charge < -0.3 is 0 Å². The van der Waals surface area contributed by atoms with Gasteiger partial charge in [-0.25, -0.2) is 0 Å². The fraction of sp³-hybridized carbons (Fsp3) is 0.615. The summed E-state index contributed by atoms with van der Waals surface area (Å²) in [5, 5.41) is 0. The number of hydrogen-bond donors (Lipinski definition) is 0. The first kappa shape index (κ1) is 10.9. The summed E-state index contributed by atoms with van der Waals surface area (Å²) in [4.78, 5) is 11.9. The third-order valence-corrected chi connectivity index (χ3v) is 4.35. The van der Waals surface area contributed by atoms with Crippen molar-refractivity contribution in [1.82, 2.24) is 0 Å². The topological polar surface area (TPSA) is 17.1 Å². The normalized spacial score (nSPS) is 25.0. The van der Waals surface area contributed by atoms with Crippen LogP contribution >= 0.6 is 0 Å². The van der Waals surface area contributed by atoms with Crippen LogP contribution in [0.25, 0.3) is 0 Å². The van der Waals surface area contributed by atoms with E-state index in [9.17, 15) is 4.79 Å². The minimum absolute atomic E-state index is 0.415. The molecule has 2 aliphatic carbocycles. The molecule has 0 bridgehead atoms. The predicted octanol–water partition coefficient (Wildman–Crippen LogP) is 3.63. The lowest BCUT2D eigenvalue weighted by Crippen LogP contribution is -2.18. The van der Waals surface area contributed by atoms with Gasteiger partial charge in [0.1, 0.15) is 0 Å². The van der Waals surface area contributed by atoms with Gasteiger partial charge in [-0.3, -0.25) is 4.79 Å². The molecule has 0 atom stereocenters. The fourth-order valence-corrected chi connectivity index (χ4v) is 3.98. The van der Waals surface area contributed by atoms with Gasteiger partial charge in [0.05, 0.1) is 8.07 Å². The van der Waals surface area contributed by atoms with Crippen LogP contribution in [0.3, 0.4) is 0 Å². The zero-order chi connectivity index (χ0) is 11.1. The quantitative estimate of drug-likeness (QED) is 0.617. The van der Waals surface area contributed by atoms with E-state index < -0.39 is 8.07 Å². The van der Waals surface area contributed by atoms with Crippen LogP contribution in [0.2, 0.25) is 19.6 Å². The molecule has 2 rings (SSSR count). The molecular formula is C13H20OSi. The molecule has 0 unspecified atom stereocenters. The summed E-state index contributed by atoms with van der Waals surface area (Å²) >= 11 is 0. The maximum Gasteiger partial charge on any atom is 0.163 e. The lowest BCUT2D eigenvalue weighted by molar-refractivity contribution is -0.115. The van der Waals surface area contributed by atoms with Crippen molar-refractivity contribution in [2.45, 2.75) is 51.7 Å². The van der Waals surface area contributed by atoms with E-state index in [1.807, 2.05) is 0 Å². The number of carbonyl (C=O) groups is 1. The van der Waals surface area contributed by atoms with Crippen LogP contribution in [-0.4, -0.2) is 13.9 Å². The van der Waals surface area contributed by atoms with Crippen molar-refractivity contribution in [3.05, 3.63) is 22.4 Å². The molecule has 82 valence electrons. The molecule has 0 N–H and O–H groups in total. The number of allylic oxidation sites excluding steroid dienone is 3. The summed E-state index contributed by atoms with van der Waals surface area (Å²) in [7, 11) is -1.18. The second-order valence-corrected chi connectivity index (χ2v) is 10.8. The van der Waals surface area contributed by atoms with Gasteiger partial charge >= 0.3 is 0 Å². The summed E-state index contributed by atoms with van der Waals surface area (Å²) < 4.78 is 0. The highest BCUT2D eigenvalue weighted by Gasteiger charge is 2.29. The first-order valence-electron chi connectivity index (χ1n) is 5.95. The first-order valence-corrected chi connectivity index (χ1v) is 9.52. The molecule has 0 fully saturated rings. The van der Waals surface area contributed by atoms with Crippen LogP contribution < -0.4 is 0 Å². The molecule has 1 nitrogen and oxygen atoms in total. The molecule has 0 heterocycles. The van der Waals surface area contributed by atoms with Gasteiger partial charge in [0.25, 0.3) is 0 Å². The van der Waals surface area contributed by atoms with E-state index in [0.717, 1.165) is 31.3 Å². The smallest absolute Gasteiger partial charge is 0.163 e. The average Bonchev–Trinajstić information content (AvgIpc) is 2.47. The van der Waals surface area contributed by atoms with E-state index in [-0.39, 0.29) is 0 Å². The Hall–Kier alpha value is -0.633. The Kier molecular flexibility index (Phi) is 2.71. The van der Waals surface area contributed by atoms with Crippen molar-refractivity contribution in [3.63, 3.8) is 0 Å². The molecule has 0 amide bonds. The molecule has 0 aromatic heterocycles. The maximum atomic E-state index is 11.9. The van der Waals surface area contributed by atoms with Gasteiger partial charge in [-0.1, -0.05) is 30.9 Å². The third-order valence-electron chi connectivity index (χ3n) is 3.14. The molecule has 0 aromatic rings. The number of ketones is 1. The zero-order valence-electron chi connectivity index (χ0n) is 10.0. The molecule has 15 heavy (non-hydrogen) atoms. The van der Waals surface area contributed by atoms with Crippen molar-refractivity contribution in [2.75, 3.05) is 0 Å². The highest BCUT2D eigenvalue weighted by atomic mass is 28.3. The zero-order valence-corrected chi connectivity index (χ0v) is 11.0. The number of Topliss-reactive ketones (excluding diaryl/α,β-unsaturated/α-hetero) is 1. The average molecular weight is 220 g/mol. The standard InChI is InChI=1S/C13H20OSi/c1-15(2,3)9-11-8-7-10-5-4-6-12(14)13(10)11/h9H,4-8H2,1-3H3/b11-9+. The van der Waals surface area contributed by atoms with Crippen molar-refractivity contribution < 1.29 is 4.79 Å². The number of rotatable bonds is 1. The molecule has 0 saturated heterocycles. The molecule has 0 aromatic carbocycles. The summed E-state index contributed by atoms with van der Waals surface area (Å²) in [6, 6.07) is 0. The largest absolute Gasteiger partial charge is 0.294 e. The Labute approximate surface area is 93.3 Å². The van der Waals surface area contributed by atoms with Crippen LogP contribution in [0.5, 0.6) is 0 Å². The van der Waals surface area contributed by atoms with E-state index in [1.54, 1.807) is 0 Å². The molecule has 0 aliphatic heterocycles. The summed E-state index contributed by atoms with van der Waals surface area (Å²) in [6.07, 6.45) is 5.31. The van der Waals surface area contributed by atoms with Gasteiger partial charge in [0.2, 0.25) is 0 Å². The number of hydrogen-bond acceptors (Lipinski definition) is 1. The molecule has 0 saturated carbocycles. The SMILES string of the molecule is C[Si](C)(C)/C=C1\CCC2=C1C(=O)CCC2. The van der Waals surface area contributed by atoms with E-state index in [4.69, 9.17) is 0 Å². The second kappa shape index (κ2) is 3.74. The van der Waals surface area contributed by atoms with Crippen molar-refractivity contribution in [1.29, 1.82) is 0 Å². The Morgan fingerprint density at radius 3 is 2.47 bits per heavy atom. The highest BCUT2D eigenvalue weighted by Crippen LogP contribution is 2.39. The van der Waals surface area contributed by atoms with Crippen LogP contribution in [0.4, 0.5) is 0 Å². The lowest BCUT2D eigenvalue weighted by Gasteiger charge is -2.16. The van der Waals surface area contributed by atoms with Gasteiger partial charge in [0.15, 0.2) is 5.78 Å². The van der Waals surface area contributed by atoms with E-state index in [2.05, 4.69) is 25.3 Å². The van der Waals surface area contributed by atoms with Crippen LogP contribution in [-0.2, 0) is 4.79 Å². The van der Waals surface area contributed by atoms with Crippen LogP contribution in [0.1, 0.15) is 32.1 Å². The molecule has 0 spiro atoms. The van der Waals surface area contributed by atoms with Gasteiger partial charge in [-0.2, -0.15) is 0 Å². The Morgan fingerprint density at radius 2 is 1.80 bits per heavy atom. The summed E-state index contributed by atoms with van der Waals surface area (Å²) in [5.74, 6) is 0.415. The van der Waals surface area contributed by atoms with Crippen LogP contribution in [0, 0.1) is 0 Å². The molecule has 0 radical (unpaired) electrons. The summed E-state index contributed by atoms with van der Waals surface area (Å²) in [5.41, 5.74) is 6.41. The fourth-order valence-electron chi connectivity index (χ4n) is 2.64. The first-order chi connectivity index (χ1) is 6.97. The van der Waals surface area contributed by atoms with E-state index >= 15 is 0 Å². The van der Waals surface area contributed by atoms with Gasteiger partial charge in [-0.05, 0) is 31.3 Å². The van der Waals surface area contributed by atoms with Gasteiger partial charge in [-0.15, -0.1) is 0 Å². The van der Waals surface area contributed by atoms with Crippen molar-refractivity contribution in [2.24, 2.45) is 0 Å². The number of carbonyl (C=O) groups excluding carboxylic acids is 1. The Morgan fingerprint density at radius 1 is 1.07 bits per heavy atom. The third kappa shape index (κ3) is 2.31.